The summed E-state index contributed by atoms with van der Waals surface area (Å²) in [4.78, 5) is 35.1. The molecule has 0 saturated carbocycles. The van der Waals surface area contributed by atoms with Crippen molar-refractivity contribution in [2.24, 2.45) is 5.92 Å². The third kappa shape index (κ3) is 7.07. The smallest absolute Gasteiger partial charge is 0.405 e. The molecule has 0 unspecified atom stereocenters. The lowest BCUT2D eigenvalue weighted by Crippen LogP contribution is -2.28. The lowest BCUT2D eigenvalue weighted by atomic mass is 10.0. The highest BCUT2D eigenvalue weighted by Crippen LogP contribution is 2.46. The van der Waals surface area contributed by atoms with Crippen LogP contribution in [0, 0.1) is 5.92 Å². The molecular formula is C25H23Cl2F3N6O5. The molecule has 2 aromatic heterocycles. The maximum atomic E-state index is 13.2. The van der Waals surface area contributed by atoms with Gasteiger partial charge in [-0.1, -0.05) is 29.3 Å². The second kappa shape index (κ2) is 12.7. The van der Waals surface area contributed by atoms with Crippen molar-refractivity contribution < 1.29 is 37.0 Å². The van der Waals surface area contributed by atoms with Gasteiger partial charge in [-0.2, -0.15) is 13.2 Å². The van der Waals surface area contributed by atoms with Crippen molar-refractivity contribution in [3.63, 3.8) is 0 Å². The maximum Gasteiger partial charge on any atom is 0.405 e. The number of anilines is 2. The average molecular weight is 615 g/mol. The highest BCUT2D eigenvalue weighted by Gasteiger charge is 2.29. The van der Waals surface area contributed by atoms with Gasteiger partial charge in [0.15, 0.2) is 5.82 Å². The molecule has 1 fully saturated rings. The number of amides is 2. The van der Waals surface area contributed by atoms with Crippen molar-refractivity contribution in [1.82, 2.24) is 20.3 Å². The number of imide groups is 1. The van der Waals surface area contributed by atoms with Gasteiger partial charge in [-0.15, -0.1) is 0 Å². The van der Waals surface area contributed by atoms with E-state index in [0.29, 0.717) is 5.39 Å². The summed E-state index contributed by atoms with van der Waals surface area (Å²) < 4.78 is 55.6. The van der Waals surface area contributed by atoms with Gasteiger partial charge in [0, 0.05) is 29.1 Å². The minimum Gasteiger partial charge on any atom is -0.495 e. The number of carbonyl (C=O) groups is 2. The number of nitrogens with zero attached hydrogens (tertiary/aromatic N) is 3. The van der Waals surface area contributed by atoms with Crippen LogP contribution < -0.4 is 25.4 Å². The number of hydrogen-bond acceptors (Lipinski definition) is 10. The fourth-order valence-electron chi connectivity index (χ4n) is 4.05. The number of hydrogen-bond donors (Lipinski definition) is 3. The molecular weight excluding hydrogens is 592 g/mol. The molecule has 0 bridgehead atoms. The summed E-state index contributed by atoms with van der Waals surface area (Å²) in [5, 5.41) is 7.87. The Labute approximate surface area is 241 Å². The van der Waals surface area contributed by atoms with Crippen molar-refractivity contribution in [3.05, 3.63) is 40.5 Å². The molecule has 3 aromatic rings. The van der Waals surface area contributed by atoms with E-state index in [1.54, 1.807) is 6.08 Å². The Morgan fingerprint density at radius 1 is 1.15 bits per heavy atom. The molecule has 0 aliphatic carbocycles. The van der Waals surface area contributed by atoms with Crippen LogP contribution >= 0.6 is 23.2 Å². The standard InChI is InChI=1S/C25H23Cl2F3N6O5/c1-39-16-6-17(40-2)21(27)19(20(16)26)14-5-13-7-31-24(36-22(13)23(34-14)32-10-25(28,29)30)35-15-9-41-8-12(15)3-4-18(38)33-11-37/h3-7,11-12,15H,8-10H2,1-2H3,(H,32,34)(H,31,35,36)(H,33,37,38)/t12-,15+/m0/s1. The van der Waals surface area contributed by atoms with Gasteiger partial charge >= 0.3 is 6.18 Å². The second-order valence-corrected chi connectivity index (χ2v) is 9.43. The zero-order valence-electron chi connectivity index (χ0n) is 21.5. The molecule has 0 radical (unpaired) electrons. The van der Waals surface area contributed by atoms with Gasteiger partial charge in [0.25, 0.3) is 0 Å². The minimum atomic E-state index is -4.55. The van der Waals surface area contributed by atoms with Crippen LogP contribution in [0.2, 0.25) is 10.0 Å². The summed E-state index contributed by atoms with van der Waals surface area (Å²) in [5.41, 5.74) is 0.399. The normalized spacial score (nSPS) is 17.0. The number of nitrogens with one attached hydrogen (secondary N) is 3. The quantitative estimate of drug-likeness (QED) is 0.224. The molecule has 11 nitrogen and oxygen atoms in total. The highest BCUT2D eigenvalue weighted by molar-refractivity contribution is 6.41. The SMILES string of the molecule is COc1cc(OC)c(Cl)c(-c2cc3cnc(N[C@@H]4COC[C@@H]4C=CC(=O)NC=O)nc3c(NCC(F)(F)F)n2)c1Cl. The summed E-state index contributed by atoms with van der Waals surface area (Å²) in [7, 11) is 2.78. The van der Waals surface area contributed by atoms with E-state index in [4.69, 9.17) is 37.4 Å². The number of pyridine rings is 1. The van der Waals surface area contributed by atoms with Crippen LogP contribution in [0.4, 0.5) is 24.9 Å². The van der Waals surface area contributed by atoms with E-state index >= 15 is 0 Å². The third-order valence-electron chi connectivity index (χ3n) is 5.99. The van der Waals surface area contributed by atoms with Gasteiger partial charge in [-0.3, -0.25) is 14.9 Å². The number of rotatable bonds is 10. The first-order chi connectivity index (χ1) is 19.5. The van der Waals surface area contributed by atoms with Gasteiger partial charge in [0.05, 0.1) is 49.2 Å². The first-order valence-corrected chi connectivity index (χ1v) is 12.7. The summed E-state index contributed by atoms with van der Waals surface area (Å²) >= 11 is 13.0. The second-order valence-electron chi connectivity index (χ2n) is 8.68. The molecule has 218 valence electrons. The average Bonchev–Trinajstić information content (AvgIpc) is 3.37. The summed E-state index contributed by atoms with van der Waals surface area (Å²) in [6.45, 7) is -0.859. The predicted octanol–water partition coefficient (Wildman–Crippen LogP) is 4.25. The van der Waals surface area contributed by atoms with Crippen LogP contribution in [-0.4, -0.2) is 73.5 Å². The van der Waals surface area contributed by atoms with Gasteiger partial charge in [0.1, 0.15) is 23.6 Å². The van der Waals surface area contributed by atoms with Crippen LogP contribution in [0.5, 0.6) is 11.5 Å². The van der Waals surface area contributed by atoms with Crippen LogP contribution in [0.3, 0.4) is 0 Å². The van der Waals surface area contributed by atoms with Gasteiger partial charge in [-0.25, -0.2) is 15.0 Å². The predicted molar refractivity (Wildman–Crippen MR) is 146 cm³/mol. The van der Waals surface area contributed by atoms with Crippen molar-refractivity contribution in [1.29, 1.82) is 0 Å². The number of alkyl halides is 3. The Morgan fingerprint density at radius 2 is 1.85 bits per heavy atom. The number of methoxy groups -OCH3 is 2. The Bertz CT molecular complexity index is 1460. The number of halogens is 5. The molecule has 41 heavy (non-hydrogen) atoms. The molecule has 1 aliphatic rings. The summed E-state index contributed by atoms with van der Waals surface area (Å²) in [6, 6.07) is 2.64. The number of carbonyl (C=O) groups excluding carboxylic acids is 2. The number of ether oxygens (including phenoxy) is 3. The van der Waals surface area contributed by atoms with E-state index in [1.165, 1.54) is 38.6 Å². The Hall–Kier alpha value is -3.88. The van der Waals surface area contributed by atoms with E-state index < -0.39 is 18.6 Å². The molecule has 2 atom stereocenters. The number of aromatic nitrogens is 3. The molecule has 4 rings (SSSR count). The minimum absolute atomic E-state index is 0.0771. The lowest BCUT2D eigenvalue weighted by Gasteiger charge is -2.18. The molecule has 3 heterocycles. The zero-order valence-corrected chi connectivity index (χ0v) is 23.0. The van der Waals surface area contributed by atoms with Crippen LogP contribution in [0.1, 0.15) is 0 Å². The number of fused-ring (bicyclic) bond motifs is 1. The van der Waals surface area contributed by atoms with Crippen LogP contribution in [-0.2, 0) is 14.3 Å². The molecule has 0 spiro atoms. The molecule has 1 aromatic carbocycles. The molecule has 1 aliphatic heterocycles. The van der Waals surface area contributed by atoms with E-state index in [0.717, 1.165) is 0 Å². The number of benzene rings is 1. The molecule has 1 saturated heterocycles. The Balaban J connectivity index is 1.75. The van der Waals surface area contributed by atoms with Crippen molar-refractivity contribution in [2.45, 2.75) is 12.2 Å². The Kier molecular flexibility index (Phi) is 9.35. The van der Waals surface area contributed by atoms with Crippen molar-refractivity contribution >= 4 is 58.2 Å². The van der Waals surface area contributed by atoms with E-state index in [9.17, 15) is 22.8 Å². The van der Waals surface area contributed by atoms with Crippen LogP contribution in [0.15, 0.2) is 30.5 Å². The molecule has 3 N–H and O–H groups in total. The van der Waals surface area contributed by atoms with E-state index in [-0.39, 0.29) is 81.7 Å². The van der Waals surface area contributed by atoms with E-state index in [2.05, 4.69) is 25.6 Å². The fourth-order valence-corrected chi connectivity index (χ4v) is 4.74. The van der Waals surface area contributed by atoms with Gasteiger partial charge < -0.3 is 24.8 Å². The fraction of sp³-hybridized carbons (Fsp3) is 0.320. The molecule has 16 heteroatoms. The first kappa shape index (κ1) is 30.1. The largest absolute Gasteiger partial charge is 0.495 e. The van der Waals surface area contributed by atoms with Crippen LogP contribution in [0.25, 0.3) is 22.2 Å². The van der Waals surface area contributed by atoms with Gasteiger partial charge in [0.2, 0.25) is 18.3 Å². The summed E-state index contributed by atoms with van der Waals surface area (Å²) in [6.07, 6.45) is -0.0921. The maximum absolute atomic E-state index is 13.2. The lowest BCUT2D eigenvalue weighted by molar-refractivity contribution is -0.121. The van der Waals surface area contributed by atoms with Crippen molar-refractivity contribution in [3.8, 4) is 22.8 Å². The van der Waals surface area contributed by atoms with Crippen molar-refractivity contribution in [2.75, 3.05) is 44.6 Å². The Morgan fingerprint density at radius 3 is 2.49 bits per heavy atom. The van der Waals surface area contributed by atoms with E-state index in [1.807, 2.05) is 5.32 Å². The monoisotopic (exact) mass is 614 g/mol. The topological polar surface area (TPSA) is 137 Å². The molecule has 2 amide bonds. The third-order valence-corrected chi connectivity index (χ3v) is 6.74. The highest BCUT2D eigenvalue weighted by atomic mass is 35.5. The van der Waals surface area contributed by atoms with Gasteiger partial charge in [-0.05, 0) is 12.1 Å². The zero-order chi connectivity index (χ0) is 29.7. The first-order valence-electron chi connectivity index (χ1n) is 11.9. The summed E-state index contributed by atoms with van der Waals surface area (Å²) in [5.74, 6) is -0.537.